The summed E-state index contributed by atoms with van der Waals surface area (Å²) < 4.78 is 1.59. The van der Waals surface area contributed by atoms with Crippen LogP contribution in [0.5, 0.6) is 0 Å². The van der Waals surface area contributed by atoms with Crippen LogP contribution < -0.4 is 5.32 Å². The number of nitrogens with zero attached hydrogens (tertiary/aromatic N) is 3. The molecule has 0 aliphatic carbocycles. The Bertz CT molecular complexity index is 709. The van der Waals surface area contributed by atoms with E-state index in [1.54, 1.807) is 11.6 Å². The van der Waals surface area contributed by atoms with Gasteiger partial charge in [-0.2, -0.15) is 0 Å². The normalized spacial score (nSPS) is 12.0. The molecular weight excluding hydrogens is 284 g/mol. The van der Waals surface area contributed by atoms with Gasteiger partial charge in [0.1, 0.15) is 0 Å². The van der Waals surface area contributed by atoms with Gasteiger partial charge in [0.25, 0.3) is 5.91 Å². The van der Waals surface area contributed by atoms with Gasteiger partial charge in [0, 0.05) is 6.54 Å². The van der Waals surface area contributed by atoms with Gasteiger partial charge in [-0.1, -0.05) is 24.3 Å². The highest BCUT2D eigenvalue weighted by Gasteiger charge is 2.19. The summed E-state index contributed by atoms with van der Waals surface area (Å²) in [5, 5.41) is 19.3. The van der Waals surface area contributed by atoms with Crippen LogP contribution in [0.1, 0.15) is 28.7 Å². The first-order chi connectivity index (χ1) is 10.4. The number of benzene rings is 1. The molecule has 116 valence electrons. The van der Waals surface area contributed by atoms with Crippen molar-refractivity contribution in [1.82, 2.24) is 20.3 Å². The number of aliphatic carboxylic acids is 1. The first kappa shape index (κ1) is 15.7. The van der Waals surface area contributed by atoms with Crippen molar-refractivity contribution in [3.8, 4) is 5.69 Å². The largest absolute Gasteiger partial charge is 0.481 e. The van der Waals surface area contributed by atoms with Crippen LogP contribution in [-0.4, -0.2) is 38.5 Å². The summed E-state index contributed by atoms with van der Waals surface area (Å²) in [5.74, 6) is -2.04. The minimum Gasteiger partial charge on any atom is -0.481 e. The number of rotatable bonds is 5. The first-order valence-electron chi connectivity index (χ1n) is 6.90. The molecule has 1 amide bonds. The average molecular weight is 302 g/mol. The number of aryl methyl sites for hydroxylation is 1. The highest BCUT2D eigenvalue weighted by Crippen LogP contribution is 2.13. The van der Waals surface area contributed by atoms with Crippen LogP contribution in [0.4, 0.5) is 0 Å². The Morgan fingerprint density at radius 1 is 1.36 bits per heavy atom. The van der Waals surface area contributed by atoms with E-state index in [1.807, 2.05) is 31.2 Å². The fraction of sp³-hybridized carbons (Fsp3) is 0.333. The molecule has 0 fully saturated rings. The van der Waals surface area contributed by atoms with E-state index in [0.717, 1.165) is 11.3 Å². The molecule has 0 bridgehead atoms. The lowest BCUT2D eigenvalue weighted by Gasteiger charge is -2.08. The van der Waals surface area contributed by atoms with Crippen LogP contribution in [0.3, 0.4) is 0 Å². The lowest BCUT2D eigenvalue weighted by Crippen LogP contribution is -2.32. The van der Waals surface area contributed by atoms with Gasteiger partial charge in [0.05, 0.1) is 17.3 Å². The summed E-state index contributed by atoms with van der Waals surface area (Å²) in [7, 11) is 0. The first-order valence-corrected chi connectivity index (χ1v) is 6.90. The van der Waals surface area contributed by atoms with Crippen molar-refractivity contribution in [2.45, 2.75) is 20.8 Å². The number of carboxylic acid groups (broad SMARTS) is 1. The number of hydrogen-bond donors (Lipinski definition) is 2. The number of nitrogens with one attached hydrogen (secondary N) is 1. The Hall–Kier alpha value is -2.70. The van der Waals surface area contributed by atoms with Crippen LogP contribution in [0.15, 0.2) is 24.3 Å². The zero-order chi connectivity index (χ0) is 16.3. The number of carboxylic acids is 1. The lowest BCUT2D eigenvalue weighted by atomic mass is 10.2. The zero-order valence-corrected chi connectivity index (χ0v) is 12.7. The maximum absolute atomic E-state index is 12.1. The van der Waals surface area contributed by atoms with Crippen LogP contribution in [0.2, 0.25) is 0 Å². The standard InChI is InChI=1S/C15H18N4O3/c1-9-5-4-6-12(7-9)19-11(3)13(17-18-19)14(20)16-8-10(2)15(21)22/h4-7,10H,8H2,1-3H3,(H,16,20)(H,21,22). The van der Waals surface area contributed by atoms with Crippen molar-refractivity contribution in [3.05, 3.63) is 41.2 Å². The highest BCUT2D eigenvalue weighted by atomic mass is 16.4. The molecule has 0 radical (unpaired) electrons. The van der Waals surface area contributed by atoms with Crippen molar-refractivity contribution in [2.24, 2.45) is 5.92 Å². The molecule has 1 aromatic carbocycles. The van der Waals surface area contributed by atoms with Crippen molar-refractivity contribution in [3.63, 3.8) is 0 Å². The van der Waals surface area contributed by atoms with Gasteiger partial charge in [-0.3, -0.25) is 9.59 Å². The van der Waals surface area contributed by atoms with Crippen LogP contribution in [0, 0.1) is 19.8 Å². The van der Waals surface area contributed by atoms with E-state index in [4.69, 9.17) is 5.11 Å². The second-order valence-electron chi connectivity index (χ2n) is 5.22. The summed E-state index contributed by atoms with van der Waals surface area (Å²) in [6, 6.07) is 7.69. The van der Waals surface area contributed by atoms with E-state index in [0.29, 0.717) is 5.69 Å². The van der Waals surface area contributed by atoms with Crippen molar-refractivity contribution < 1.29 is 14.7 Å². The minimum atomic E-state index is -0.958. The number of amides is 1. The van der Waals surface area contributed by atoms with Gasteiger partial charge in [-0.05, 0) is 31.5 Å². The predicted octanol–water partition coefficient (Wildman–Crippen LogP) is 1.33. The molecule has 2 aromatic rings. The van der Waals surface area contributed by atoms with Gasteiger partial charge >= 0.3 is 5.97 Å². The van der Waals surface area contributed by atoms with Gasteiger partial charge in [-0.15, -0.1) is 5.10 Å². The summed E-state index contributed by atoms with van der Waals surface area (Å²) in [5.41, 5.74) is 2.70. The minimum absolute atomic E-state index is 0.0465. The molecule has 0 spiro atoms. The molecule has 0 aliphatic rings. The molecule has 0 saturated carbocycles. The molecule has 22 heavy (non-hydrogen) atoms. The molecule has 1 atom stereocenters. The monoisotopic (exact) mass is 302 g/mol. The van der Waals surface area contributed by atoms with E-state index < -0.39 is 17.8 Å². The number of aromatic nitrogens is 3. The summed E-state index contributed by atoms with van der Waals surface area (Å²) in [6.45, 7) is 5.29. The molecule has 1 heterocycles. The van der Waals surface area contributed by atoms with E-state index >= 15 is 0 Å². The maximum atomic E-state index is 12.1. The Morgan fingerprint density at radius 3 is 2.73 bits per heavy atom. The van der Waals surface area contributed by atoms with Crippen LogP contribution in [0.25, 0.3) is 5.69 Å². The Kier molecular flexibility index (Phi) is 4.55. The molecule has 2 N–H and O–H groups in total. The van der Waals surface area contributed by atoms with Gasteiger partial charge < -0.3 is 10.4 Å². The fourth-order valence-corrected chi connectivity index (χ4v) is 1.96. The fourth-order valence-electron chi connectivity index (χ4n) is 1.96. The van der Waals surface area contributed by atoms with Gasteiger partial charge in [-0.25, -0.2) is 4.68 Å². The number of carbonyl (C=O) groups excluding carboxylic acids is 1. The smallest absolute Gasteiger partial charge is 0.308 e. The second-order valence-corrected chi connectivity index (χ2v) is 5.22. The molecule has 7 nitrogen and oxygen atoms in total. The Morgan fingerprint density at radius 2 is 2.09 bits per heavy atom. The molecule has 2 rings (SSSR count). The van der Waals surface area contributed by atoms with Crippen molar-refractivity contribution >= 4 is 11.9 Å². The third-order valence-electron chi connectivity index (χ3n) is 3.35. The summed E-state index contributed by atoms with van der Waals surface area (Å²) in [4.78, 5) is 22.8. The third kappa shape index (κ3) is 3.30. The molecule has 0 aliphatic heterocycles. The maximum Gasteiger partial charge on any atom is 0.308 e. The molecular formula is C15H18N4O3. The van der Waals surface area contributed by atoms with Crippen LogP contribution in [-0.2, 0) is 4.79 Å². The second kappa shape index (κ2) is 6.38. The Labute approximate surface area is 128 Å². The average Bonchev–Trinajstić information content (AvgIpc) is 2.86. The zero-order valence-electron chi connectivity index (χ0n) is 12.7. The highest BCUT2D eigenvalue weighted by molar-refractivity contribution is 5.93. The van der Waals surface area contributed by atoms with Gasteiger partial charge in [0.15, 0.2) is 5.69 Å². The van der Waals surface area contributed by atoms with E-state index in [1.165, 1.54) is 6.92 Å². The third-order valence-corrected chi connectivity index (χ3v) is 3.35. The lowest BCUT2D eigenvalue weighted by molar-refractivity contribution is -0.140. The SMILES string of the molecule is Cc1cccc(-n2nnc(C(=O)NCC(C)C(=O)O)c2C)c1. The van der Waals surface area contributed by atoms with Gasteiger partial charge in [0.2, 0.25) is 0 Å². The Balaban J connectivity index is 2.17. The van der Waals surface area contributed by atoms with E-state index in [9.17, 15) is 9.59 Å². The quantitative estimate of drug-likeness (QED) is 0.868. The summed E-state index contributed by atoms with van der Waals surface area (Å²) >= 11 is 0. The number of hydrogen-bond acceptors (Lipinski definition) is 4. The predicted molar refractivity (Wildman–Crippen MR) is 80.0 cm³/mol. The van der Waals surface area contributed by atoms with Crippen molar-refractivity contribution in [1.29, 1.82) is 0 Å². The molecule has 7 heteroatoms. The molecule has 1 unspecified atom stereocenters. The topological polar surface area (TPSA) is 97.1 Å². The molecule has 0 saturated heterocycles. The van der Waals surface area contributed by atoms with E-state index in [2.05, 4.69) is 15.6 Å². The number of carbonyl (C=O) groups is 2. The van der Waals surface area contributed by atoms with Crippen LogP contribution >= 0.6 is 0 Å². The summed E-state index contributed by atoms with van der Waals surface area (Å²) in [6.07, 6.45) is 0. The van der Waals surface area contributed by atoms with Crippen molar-refractivity contribution in [2.75, 3.05) is 6.54 Å². The van der Waals surface area contributed by atoms with E-state index in [-0.39, 0.29) is 12.2 Å². The molecule has 1 aromatic heterocycles.